The Kier molecular flexibility index (Phi) is 9.85. The summed E-state index contributed by atoms with van der Waals surface area (Å²) in [5.74, 6) is -0.00278. The van der Waals surface area contributed by atoms with E-state index in [9.17, 15) is 9.59 Å². The van der Waals surface area contributed by atoms with Crippen molar-refractivity contribution in [3.63, 3.8) is 0 Å². The molecule has 2 aromatic rings. The van der Waals surface area contributed by atoms with Crippen LogP contribution in [-0.4, -0.2) is 35.4 Å². The Morgan fingerprint density at radius 1 is 1.16 bits per heavy atom. The summed E-state index contributed by atoms with van der Waals surface area (Å²) >= 11 is 9.56. The van der Waals surface area contributed by atoms with Crippen LogP contribution < -0.4 is 10.1 Å². The number of carbonyl (C=O) groups is 2. The van der Waals surface area contributed by atoms with Crippen LogP contribution in [0.4, 0.5) is 0 Å². The Morgan fingerprint density at radius 3 is 2.52 bits per heavy atom. The van der Waals surface area contributed by atoms with Crippen molar-refractivity contribution in [2.24, 2.45) is 0 Å². The number of hydrogen-bond donors (Lipinski definition) is 1. The molecule has 7 heteroatoms. The number of benzene rings is 2. The van der Waals surface area contributed by atoms with Crippen LogP contribution in [0.15, 0.2) is 46.9 Å². The van der Waals surface area contributed by atoms with E-state index < -0.39 is 6.04 Å². The molecule has 0 fully saturated rings. The Balaban J connectivity index is 2.23. The Hall–Kier alpha value is -2.05. The predicted molar refractivity (Wildman–Crippen MR) is 128 cm³/mol. The zero-order chi connectivity index (χ0) is 23.0. The summed E-state index contributed by atoms with van der Waals surface area (Å²) in [7, 11) is 0. The van der Waals surface area contributed by atoms with Crippen LogP contribution in [0.2, 0.25) is 5.02 Å². The van der Waals surface area contributed by atoms with E-state index >= 15 is 0 Å². The largest absolute Gasteiger partial charge is 0.482 e. The van der Waals surface area contributed by atoms with Crippen molar-refractivity contribution in [2.75, 3.05) is 6.61 Å². The molecule has 5 nitrogen and oxygen atoms in total. The maximum Gasteiger partial charge on any atom is 0.261 e. The van der Waals surface area contributed by atoms with E-state index in [1.165, 1.54) is 0 Å². The highest BCUT2D eigenvalue weighted by Gasteiger charge is 2.29. The topological polar surface area (TPSA) is 58.6 Å². The molecule has 0 spiro atoms. The van der Waals surface area contributed by atoms with E-state index in [2.05, 4.69) is 21.2 Å². The second kappa shape index (κ2) is 12.1. The molecule has 0 bridgehead atoms. The van der Waals surface area contributed by atoms with E-state index in [-0.39, 0.29) is 24.5 Å². The highest BCUT2D eigenvalue weighted by molar-refractivity contribution is 9.10. The zero-order valence-corrected chi connectivity index (χ0v) is 20.8. The van der Waals surface area contributed by atoms with Gasteiger partial charge in [0.15, 0.2) is 6.61 Å². The van der Waals surface area contributed by atoms with Gasteiger partial charge in [-0.25, -0.2) is 0 Å². The number of nitrogens with one attached hydrogen (secondary N) is 1. The summed E-state index contributed by atoms with van der Waals surface area (Å²) in [5, 5.41) is 3.41. The van der Waals surface area contributed by atoms with Crippen LogP contribution in [0.25, 0.3) is 0 Å². The van der Waals surface area contributed by atoms with Crippen LogP contribution in [0, 0.1) is 6.92 Å². The number of halogens is 2. The van der Waals surface area contributed by atoms with Crippen LogP contribution in [0.3, 0.4) is 0 Å². The van der Waals surface area contributed by atoms with Gasteiger partial charge in [0.05, 0.1) is 5.02 Å². The molecule has 0 unspecified atom stereocenters. The second-order valence-corrected chi connectivity index (χ2v) is 8.94. The van der Waals surface area contributed by atoms with Crippen molar-refractivity contribution >= 4 is 39.3 Å². The molecule has 1 N–H and O–H groups in total. The van der Waals surface area contributed by atoms with Crippen molar-refractivity contribution in [3.05, 3.63) is 63.1 Å². The third-order valence-electron chi connectivity index (χ3n) is 5.07. The molecule has 2 amide bonds. The maximum atomic E-state index is 13.2. The first-order valence-corrected chi connectivity index (χ1v) is 11.6. The predicted octanol–water partition coefficient (Wildman–Crippen LogP) is 5.51. The van der Waals surface area contributed by atoms with E-state index in [1.54, 1.807) is 23.1 Å². The lowest BCUT2D eigenvalue weighted by atomic mass is 10.1. The molecule has 168 valence electrons. The van der Waals surface area contributed by atoms with Crippen LogP contribution >= 0.6 is 27.5 Å². The number of amides is 2. The molecule has 0 saturated heterocycles. The number of aryl methyl sites for hydroxylation is 1. The molecule has 2 atom stereocenters. The number of hydrogen-bond acceptors (Lipinski definition) is 3. The number of nitrogens with zero attached hydrogens (tertiary/aromatic N) is 1. The van der Waals surface area contributed by atoms with E-state index in [0.29, 0.717) is 23.7 Å². The molecular formula is C24H30BrClN2O3. The summed E-state index contributed by atoms with van der Waals surface area (Å²) in [6.07, 6.45) is 1.32. The molecule has 0 aromatic heterocycles. The van der Waals surface area contributed by atoms with Gasteiger partial charge >= 0.3 is 0 Å². The van der Waals surface area contributed by atoms with Gasteiger partial charge in [-0.1, -0.05) is 71.2 Å². The molecule has 0 saturated carbocycles. The molecule has 31 heavy (non-hydrogen) atoms. The third kappa shape index (κ3) is 7.54. The lowest BCUT2D eigenvalue weighted by Crippen LogP contribution is -2.51. The van der Waals surface area contributed by atoms with Crippen LogP contribution in [0.5, 0.6) is 5.75 Å². The normalized spacial score (nSPS) is 12.7. The van der Waals surface area contributed by atoms with E-state index in [4.69, 9.17) is 16.3 Å². The van der Waals surface area contributed by atoms with Crippen LogP contribution in [-0.2, 0) is 16.1 Å². The fraction of sp³-hybridized carbons (Fsp3) is 0.417. The average molecular weight is 510 g/mol. The number of carbonyl (C=O) groups excluding carboxylic acids is 2. The van der Waals surface area contributed by atoms with E-state index in [1.807, 2.05) is 52.0 Å². The lowest BCUT2D eigenvalue weighted by Gasteiger charge is -2.31. The molecule has 0 heterocycles. The first-order chi connectivity index (χ1) is 14.7. The summed E-state index contributed by atoms with van der Waals surface area (Å²) in [5.41, 5.74) is 2.06. The summed E-state index contributed by atoms with van der Waals surface area (Å²) in [6, 6.07) is 12.6. The Bertz CT molecular complexity index is 906. The summed E-state index contributed by atoms with van der Waals surface area (Å²) in [4.78, 5) is 27.7. The van der Waals surface area contributed by atoms with Gasteiger partial charge < -0.3 is 15.0 Å². The second-order valence-electron chi connectivity index (χ2n) is 7.62. The third-order valence-corrected chi connectivity index (χ3v) is 5.86. The highest BCUT2D eigenvalue weighted by Crippen LogP contribution is 2.28. The molecule has 0 aliphatic rings. The minimum absolute atomic E-state index is 0.0373. The number of rotatable bonds is 10. The van der Waals surface area contributed by atoms with Crippen molar-refractivity contribution < 1.29 is 14.3 Å². The van der Waals surface area contributed by atoms with E-state index in [0.717, 1.165) is 22.0 Å². The molecule has 2 rings (SSSR count). The minimum atomic E-state index is -0.592. The molecular weight excluding hydrogens is 480 g/mol. The van der Waals surface area contributed by atoms with Gasteiger partial charge in [0.2, 0.25) is 5.91 Å². The SMILES string of the molecule is CC[C@@H](C)NC(=O)[C@@H](CC)N(Cc1cccc(C)c1)C(=O)COc1ccc(Br)cc1Cl. The maximum absolute atomic E-state index is 13.2. The first kappa shape index (κ1) is 25.2. The monoisotopic (exact) mass is 508 g/mol. The zero-order valence-electron chi connectivity index (χ0n) is 18.5. The standard InChI is InChI=1S/C24H30BrClN2O3/c1-5-17(4)27-24(30)21(6-2)28(14-18-9-7-8-16(3)12-18)23(29)15-31-22-11-10-19(25)13-20(22)26/h7-13,17,21H,5-6,14-15H2,1-4H3,(H,27,30)/t17-,21-/m1/s1. The van der Waals surface area contributed by atoms with Gasteiger partial charge in [0.1, 0.15) is 11.8 Å². The van der Waals surface area contributed by atoms with Crippen molar-refractivity contribution in [1.82, 2.24) is 10.2 Å². The van der Waals surface area contributed by atoms with Crippen molar-refractivity contribution in [3.8, 4) is 5.75 Å². The van der Waals surface area contributed by atoms with Gasteiger partial charge in [0, 0.05) is 17.1 Å². The Morgan fingerprint density at radius 2 is 1.90 bits per heavy atom. The van der Waals surface area contributed by atoms with Gasteiger partial charge in [-0.2, -0.15) is 0 Å². The average Bonchev–Trinajstić information content (AvgIpc) is 2.72. The molecule has 2 aromatic carbocycles. The molecule has 0 radical (unpaired) electrons. The van der Waals surface area contributed by atoms with Crippen LogP contribution in [0.1, 0.15) is 44.7 Å². The van der Waals surface area contributed by atoms with Gasteiger partial charge in [-0.15, -0.1) is 0 Å². The fourth-order valence-corrected chi connectivity index (χ4v) is 3.91. The van der Waals surface area contributed by atoms with Gasteiger partial charge in [-0.05, 0) is 50.5 Å². The Labute approximate surface area is 198 Å². The fourth-order valence-electron chi connectivity index (χ4n) is 3.18. The van der Waals surface area contributed by atoms with Crippen molar-refractivity contribution in [1.29, 1.82) is 0 Å². The summed E-state index contributed by atoms with van der Waals surface area (Å²) < 4.78 is 6.52. The minimum Gasteiger partial charge on any atom is -0.482 e. The summed E-state index contributed by atoms with van der Waals surface area (Å²) in [6.45, 7) is 7.99. The molecule has 0 aliphatic carbocycles. The number of ether oxygens (including phenoxy) is 1. The smallest absolute Gasteiger partial charge is 0.261 e. The van der Waals surface area contributed by atoms with Crippen molar-refractivity contribution in [2.45, 2.75) is 59.2 Å². The molecule has 0 aliphatic heterocycles. The van der Waals surface area contributed by atoms with Gasteiger partial charge in [0.25, 0.3) is 5.91 Å². The van der Waals surface area contributed by atoms with Gasteiger partial charge in [-0.3, -0.25) is 9.59 Å². The lowest BCUT2D eigenvalue weighted by molar-refractivity contribution is -0.143. The first-order valence-electron chi connectivity index (χ1n) is 10.5. The quantitative estimate of drug-likeness (QED) is 0.459. The highest BCUT2D eigenvalue weighted by atomic mass is 79.9.